The van der Waals surface area contributed by atoms with Crippen molar-refractivity contribution >= 4 is 39.3 Å². The van der Waals surface area contributed by atoms with Crippen LogP contribution < -0.4 is 4.90 Å². The number of imide groups is 1. The Bertz CT molecular complexity index is 1140. The fourth-order valence-electron chi connectivity index (χ4n) is 7.72. The van der Waals surface area contributed by atoms with Crippen LogP contribution in [0.25, 0.3) is 10.1 Å². The Labute approximate surface area is 211 Å². The fraction of sp³-hybridized carbons (Fsp3) is 0.607. The molecule has 1 aromatic heterocycles. The van der Waals surface area contributed by atoms with Crippen molar-refractivity contribution < 1.29 is 9.59 Å². The fourth-order valence-corrected chi connectivity index (χ4v) is 8.51. The van der Waals surface area contributed by atoms with Gasteiger partial charge in [-0.05, 0) is 66.6 Å². The lowest BCUT2D eigenvalue weighted by atomic mass is 9.78. The third-order valence-corrected chi connectivity index (χ3v) is 10.4. The molecular formula is C28H34N4O2S. The van der Waals surface area contributed by atoms with Crippen molar-refractivity contribution in [3.63, 3.8) is 0 Å². The van der Waals surface area contributed by atoms with E-state index in [1.807, 2.05) is 0 Å². The van der Waals surface area contributed by atoms with Gasteiger partial charge in [0.15, 0.2) is 0 Å². The third kappa shape index (κ3) is 3.65. The van der Waals surface area contributed by atoms with Crippen LogP contribution in [0.5, 0.6) is 0 Å². The predicted molar refractivity (Wildman–Crippen MR) is 138 cm³/mol. The van der Waals surface area contributed by atoms with E-state index < -0.39 is 0 Å². The Morgan fingerprint density at radius 1 is 0.857 bits per heavy atom. The molecule has 7 heteroatoms. The molecule has 2 amide bonds. The number of benzene rings is 1. The lowest BCUT2D eigenvalue weighted by Crippen LogP contribution is -2.49. The van der Waals surface area contributed by atoms with Gasteiger partial charge >= 0.3 is 0 Å². The zero-order valence-electron chi connectivity index (χ0n) is 20.2. The van der Waals surface area contributed by atoms with E-state index in [9.17, 15) is 9.59 Å². The Balaban J connectivity index is 0.987. The number of rotatable bonds is 5. The molecule has 1 aromatic carbocycles. The zero-order chi connectivity index (χ0) is 23.5. The summed E-state index contributed by atoms with van der Waals surface area (Å²) >= 11 is 1.59. The van der Waals surface area contributed by atoms with Crippen LogP contribution in [0.1, 0.15) is 32.1 Å². The molecule has 0 radical (unpaired) electrons. The van der Waals surface area contributed by atoms with Crippen molar-refractivity contribution in [3.8, 4) is 0 Å². The first-order valence-electron chi connectivity index (χ1n) is 13.5. The topological polar surface area (TPSA) is 56.8 Å². The Morgan fingerprint density at radius 3 is 2.23 bits per heavy atom. The number of carbonyl (C=O) groups is 2. The minimum Gasteiger partial charge on any atom is -0.353 e. The van der Waals surface area contributed by atoms with Crippen LogP contribution in [0, 0.1) is 35.5 Å². The molecule has 3 heterocycles. The summed E-state index contributed by atoms with van der Waals surface area (Å²) in [5, 5.41) is 1.27. The van der Waals surface area contributed by atoms with Crippen molar-refractivity contribution in [1.29, 1.82) is 0 Å². The number of carbonyl (C=O) groups excluding carboxylic acids is 2. The van der Waals surface area contributed by atoms with Crippen molar-refractivity contribution in [2.75, 3.05) is 44.2 Å². The predicted octanol–water partition coefficient (Wildman–Crippen LogP) is 4.03. The maximum atomic E-state index is 13.2. The van der Waals surface area contributed by atoms with Gasteiger partial charge in [0.1, 0.15) is 5.82 Å². The molecule has 6 atom stereocenters. The molecule has 4 fully saturated rings. The van der Waals surface area contributed by atoms with Crippen molar-refractivity contribution in [1.82, 2.24) is 14.2 Å². The van der Waals surface area contributed by atoms with Gasteiger partial charge in [-0.1, -0.05) is 37.1 Å². The molecule has 2 saturated heterocycles. The standard InChI is InChI=1S/C28H34N4O2S/c33-27-24-18-9-10-19(15-18)25(24)28(34)32(27)17-21-6-2-1-5-20(21)16-30-11-13-31(14-12-30)26-22-7-3-4-8-23(22)35-29-26/h3-4,7-10,18-21,24-25H,1-2,5-6,11-17H2/t18-,19+,20-,21?,24+,25-/m0/s1. The van der Waals surface area contributed by atoms with E-state index in [1.54, 1.807) is 16.4 Å². The summed E-state index contributed by atoms with van der Waals surface area (Å²) in [5.74, 6) is 2.91. The molecule has 5 aliphatic rings. The second-order valence-corrected chi connectivity index (χ2v) is 12.2. The van der Waals surface area contributed by atoms with Crippen LogP contribution in [0.4, 0.5) is 5.82 Å². The summed E-state index contributed by atoms with van der Waals surface area (Å²) in [4.78, 5) is 33.2. The highest BCUT2D eigenvalue weighted by molar-refractivity contribution is 7.13. The summed E-state index contributed by atoms with van der Waals surface area (Å²) in [6, 6.07) is 8.52. The molecule has 1 unspecified atom stereocenters. The maximum absolute atomic E-state index is 13.2. The van der Waals surface area contributed by atoms with Gasteiger partial charge in [-0.15, -0.1) is 0 Å². The smallest absolute Gasteiger partial charge is 0.233 e. The van der Waals surface area contributed by atoms with E-state index in [4.69, 9.17) is 4.37 Å². The number of hydrogen-bond acceptors (Lipinski definition) is 6. The second-order valence-electron chi connectivity index (χ2n) is 11.4. The van der Waals surface area contributed by atoms with Crippen LogP contribution in [0.15, 0.2) is 36.4 Å². The van der Waals surface area contributed by atoms with Crippen LogP contribution in [-0.2, 0) is 9.59 Å². The molecule has 6 nitrogen and oxygen atoms in total. The molecule has 2 aromatic rings. The molecule has 2 aliphatic heterocycles. The Kier molecular flexibility index (Phi) is 5.46. The van der Waals surface area contributed by atoms with Gasteiger partial charge in [0.05, 0.1) is 16.5 Å². The molecule has 2 saturated carbocycles. The SMILES string of the molecule is O=C1[C@@H]2[C@H](C(=O)N1CC1CCCC[C@H]1CN1CCN(c3nsc4ccccc34)CC1)[C@H]1C=C[C@@H]2C1. The lowest BCUT2D eigenvalue weighted by molar-refractivity contribution is -0.142. The highest BCUT2D eigenvalue weighted by Crippen LogP contribution is 2.52. The number of allylic oxidation sites excluding steroid dienone is 2. The number of piperazine rings is 1. The summed E-state index contributed by atoms with van der Waals surface area (Å²) in [6.07, 6.45) is 10.3. The summed E-state index contributed by atoms with van der Waals surface area (Å²) in [6.45, 7) is 5.86. The molecule has 0 N–H and O–H groups in total. The van der Waals surface area contributed by atoms with Gasteiger partial charge in [-0.3, -0.25) is 19.4 Å². The molecule has 0 spiro atoms. The summed E-state index contributed by atoms with van der Waals surface area (Å²) in [5.41, 5.74) is 0. The van der Waals surface area contributed by atoms with Gasteiger partial charge in [0, 0.05) is 44.7 Å². The quantitative estimate of drug-likeness (QED) is 0.468. The van der Waals surface area contributed by atoms with Gasteiger partial charge in [-0.2, -0.15) is 4.37 Å². The molecular weight excluding hydrogens is 456 g/mol. The number of hydrogen-bond donors (Lipinski definition) is 0. The highest BCUT2D eigenvalue weighted by Gasteiger charge is 2.59. The first kappa shape index (κ1) is 22.0. The van der Waals surface area contributed by atoms with Crippen LogP contribution in [0.2, 0.25) is 0 Å². The van der Waals surface area contributed by atoms with Gasteiger partial charge in [0.25, 0.3) is 0 Å². The largest absolute Gasteiger partial charge is 0.353 e. The number of likely N-dealkylation sites (tertiary alicyclic amines) is 1. The lowest BCUT2D eigenvalue weighted by Gasteiger charge is -2.40. The minimum atomic E-state index is -0.0607. The average molecular weight is 491 g/mol. The number of nitrogens with zero attached hydrogens (tertiary/aromatic N) is 4. The number of anilines is 1. The summed E-state index contributed by atoms with van der Waals surface area (Å²) < 4.78 is 6.02. The number of amides is 2. The third-order valence-electron chi connectivity index (χ3n) is 9.57. The highest BCUT2D eigenvalue weighted by atomic mass is 32.1. The van der Waals surface area contributed by atoms with Crippen LogP contribution in [0.3, 0.4) is 0 Å². The molecule has 35 heavy (non-hydrogen) atoms. The van der Waals surface area contributed by atoms with E-state index in [0.717, 1.165) is 51.4 Å². The normalized spacial score (nSPS) is 35.0. The Morgan fingerprint density at radius 2 is 1.51 bits per heavy atom. The maximum Gasteiger partial charge on any atom is 0.233 e. The molecule has 3 aliphatic carbocycles. The zero-order valence-corrected chi connectivity index (χ0v) is 21.0. The molecule has 184 valence electrons. The molecule has 7 rings (SSSR count). The van der Waals surface area contributed by atoms with Crippen molar-refractivity contribution in [2.45, 2.75) is 32.1 Å². The average Bonchev–Trinajstić information content (AvgIpc) is 3.66. The van der Waals surface area contributed by atoms with E-state index in [2.05, 4.69) is 46.2 Å². The monoisotopic (exact) mass is 490 g/mol. The van der Waals surface area contributed by atoms with Crippen molar-refractivity contribution in [3.05, 3.63) is 36.4 Å². The van der Waals surface area contributed by atoms with E-state index in [1.165, 1.54) is 29.3 Å². The van der Waals surface area contributed by atoms with Crippen LogP contribution in [-0.4, -0.2) is 65.3 Å². The number of aromatic nitrogens is 1. The van der Waals surface area contributed by atoms with Gasteiger partial charge in [0.2, 0.25) is 11.8 Å². The Hall–Kier alpha value is -2.25. The second kappa shape index (κ2) is 8.70. The van der Waals surface area contributed by atoms with E-state index >= 15 is 0 Å². The van der Waals surface area contributed by atoms with Crippen molar-refractivity contribution in [2.24, 2.45) is 35.5 Å². The first-order chi connectivity index (χ1) is 17.2. The van der Waals surface area contributed by atoms with Gasteiger partial charge in [-0.25, -0.2) is 0 Å². The van der Waals surface area contributed by atoms with E-state index in [-0.39, 0.29) is 23.7 Å². The van der Waals surface area contributed by atoms with Crippen LogP contribution >= 0.6 is 11.5 Å². The number of fused-ring (bicyclic) bond motifs is 6. The minimum absolute atomic E-state index is 0.0607. The van der Waals surface area contributed by atoms with E-state index in [0.29, 0.717) is 30.2 Å². The molecule has 2 bridgehead atoms. The van der Waals surface area contributed by atoms with Gasteiger partial charge < -0.3 is 4.90 Å². The summed E-state index contributed by atoms with van der Waals surface area (Å²) in [7, 11) is 0. The first-order valence-corrected chi connectivity index (χ1v) is 14.3.